The molecule has 0 fully saturated rings. The van der Waals surface area contributed by atoms with Gasteiger partial charge in [0.1, 0.15) is 5.82 Å². The third-order valence-corrected chi connectivity index (χ3v) is 5.41. The minimum atomic E-state index is -3.88. The Kier molecular flexibility index (Phi) is 11.3. The molecule has 0 amide bonds. The average molecular weight is 565 g/mol. The molecule has 170 valence electrons. The summed E-state index contributed by atoms with van der Waals surface area (Å²) in [5, 5.41) is 17.0. The van der Waals surface area contributed by atoms with Crippen LogP contribution in [-0.4, -0.2) is 45.5 Å². The molecular formula is C19H25FIN5O4S. The van der Waals surface area contributed by atoms with E-state index in [2.05, 4.69) is 20.3 Å². The Bertz CT molecular complexity index is 1000. The van der Waals surface area contributed by atoms with Crippen LogP contribution in [0.25, 0.3) is 0 Å². The van der Waals surface area contributed by atoms with Crippen molar-refractivity contribution in [3.8, 4) is 0 Å². The first-order valence-electron chi connectivity index (χ1n) is 9.32. The van der Waals surface area contributed by atoms with E-state index in [9.17, 15) is 22.9 Å². The second-order valence-electron chi connectivity index (χ2n) is 6.22. The summed E-state index contributed by atoms with van der Waals surface area (Å²) in [6, 6.07) is 11.2. The lowest BCUT2D eigenvalue weighted by Crippen LogP contribution is -2.39. The monoisotopic (exact) mass is 565 g/mol. The van der Waals surface area contributed by atoms with Crippen LogP contribution >= 0.6 is 24.0 Å². The number of sulfonamides is 1. The van der Waals surface area contributed by atoms with E-state index < -0.39 is 14.9 Å². The van der Waals surface area contributed by atoms with Crippen molar-refractivity contribution in [1.82, 2.24) is 15.4 Å². The molecule has 0 unspecified atom stereocenters. The summed E-state index contributed by atoms with van der Waals surface area (Å²) in [6.07, 6.45) is 0.599. The summed E-state index contributed by atoms with van der Waals surface area (Å²) in [7, 11) is -3.88. The lowest BCUT2D eigenvalue weighted by atomic mass is 10.1. The molecule has 0 saturated carbocycles. The summed E-state index contributed by atoms with van der Waals surface area (Å²) in [5.74, 6) is 0.215. The first-order valence-corrected chi connectivity index (χ1v) is 10.8. The number of rotatable bonds is 10. The number of guanidine groups is 1. The predicted molar refractivity (Wildman–Crippen MR) is 128 cm³/mol. The van der Waals surface area contributed by atoms with Crippen molar-refractivity contribution in [2.24, 2.45) is 4.99 Å². The van der Waals surface area contributed by atoms with Crippen molar-refractivity contribution in [3.63, 3.8) is 0 Å². The molecular weight excluding hydrogens is 540 g/mol. The Hall–Kier alpha value is -2.32. The van der Waals surface area contributed by atoms with Crippen molar-refractivity contribution < 1.29 is 17.7 Å². The second kappa shape index (κ2) is 13.2. The SMILES string of the molecule is CCNC(=NCCNS(=O)(=O)c1cccc([N+](=O)[O-])c1)NCCc1cccc(F)c1.I. The quantitative estimate of drug-likeness (QED) is 0.102. The van der Waals surface area contributed by atoms with Crippen molar-refractivity contribution >= 4 is 45.6 Å². The number of nitrogens with one attached hydrogen (secondary N) is 3. The minimum Gasteiger partial charge on any atom is -0.357 e. The fraction of sp³-hybridized carbons (Fsp3) is 0.316. The van der Waals surface area contributed by atoms with Gasteiger partial charge in [-0.05, 0) is 37.1 Å². The lowest BCUT2D eigenvalue weighted by molar-refractivity contribution is -0.385. The molecule has 2 aromatic carbocycles. The van der Waals surface area contributed by atoms with Gasteiger partial charge in [0.2, 0.25) is 10.0 Å². The van der Waals surface area contributed by atoms with E-state index >= 15 is 0 Å². The fourth-order valence-electron chi connectivity index (χ4n) is 2.55. The van der Waals surface area contributed by atoms with Gasteiger partial charge in [0.15, 0.2) is 5.96 Å². The van der Waals surface area contributed by atoms with Crippen LogP contribution in [0.4, 0.5) is 10.1 Å². The summed E-state index contributed by atoms with van der Waals surface area (Å²) in [5.41, 5.74) is 0.552. The Balaban J connectivity index is 0.00000480. The van der Waals surface area contributed by atoms with Gasteiger partial charge in [-0.25, -0.2) is 17.5 Å². The number of nitrogens with zero attached hydrogens (tertiary/aromatic N) is 2. The van der Waals surface area contributed by atoms with Crippen LogP contribution in [0, 0.1) is 15.9 Å². The molecule has 0 aliphatic carbocycles. The Morgan fingerprint density at radius 1 is 1.13 bits per heavy atom. The molecule has 0 spiro atoms. The smallest absolute Gasteiger partial charge is 0.270 e. The standard InChI is InChI=1S/C19H24FN5O4S.HI/c1-2-21-19(22-10-9-15-5-3-6-16(20)13-15)23-11-12-24-30(28,29)18-8-4-7-17(14-18)25(26)27;/h3-8,13-14,24H,2,9-12H2,1H3,(H2,21,22,23);1H. The minimum absolute atomic E-state index is 0. The maximum absolute atomic E-state index is 13.2. The summed E-state index contributed by atoms with van der Waals surface area (Å²) in [4.78, 5) is 14.3. The molecule has 3 N–H and O–H groups in total. The van der Waals surface area contributed by atoms with Gasteiger partial charge in [0, 0.05) is 31.8 Å². The van der Waals surface area contributed by atoms with Gasteiger partial charge < -0.3 is 10.6 Å². The first kappa shape index (κ1) is 26.7. The summed E-state index contributed by atoms with van der Waals surface area (Å²) in [6.45, 7) is 3.21. The van der Waals surface area contributed by atoms with Crippen molar-refractivity contribution in [1.29, 1.82) is 0 Å². The molecule has 2 rings (SSSR count). The number of nitro benzene ring substituents is 1. The van der Waals surface area contributed by atoms with Crippen LogP contribution in [-0.2, 0) is 16.4 Å². The van der Waals surface area contributed by atoms with Gasteiger partial charge in [-0.3, -0.25) is 15.1 Å². The van der Waals surface area contributed by atoms with Crippen LogP contribution < -0.4 is 15.4 Å². The third kappa shape index (κ3) is 9.14. The molecule has 0 bridgehead atoms. The Morgan fingerprint density at radius 3 is 2.55 bits per heavy atom. The second-order valence-corrected chi connectivity index (χ2v) is 7.99. The van der Waals surface area contributed by atoms with Gasteiger partial charge in [0.05, 0.1) is 16.4 Å². The Labute approximate surface area is 197 Å². The zero-order valence-corrected chi connectivity index (χ0v) is 20.0. The molecule has 0 atom stereocenters. The van der Waals surface area contributed by atoms with E-state index in [1.54, 1.807) is 6.07 Å². The van der Waals surface area contributed by atoms with Crippen LogP contribution in [0.5, 0.6) is 0 Å². The highest BCUT2D eigenvalue weighted by atomic mass is 127. The highest BCUT2D eigenvalue weighted by Gasteiger charge is 2.16. The number of hydrogen-bond donors (Lipinski definition) is 3. The van der Waals surface area contributed by atoms with E-state index in [-0.39, 0.29) is 53.5 Å². The average Bonchev–Trinajstić information content (AvgIpc) is 2.71. The summed E-state index contributed by atoms with van der Waals surface area (Å²) >= 11 is 0. The fourth-order valence-corrected chi connectivity index (χ4v) is 3.62. The van der Waals surface area contributed by atoms with E-state index in [1.165, 1.54) is 30.3 Å². The van der Waals surface area contributed by atoms with E-state index in [4.69, 9.17) is 0 Å². The maximum atomic E-state index is 13.2. The van der Waals surface area contributed by atoms with Gasteiger partial charge in [0.25, 0.3) is 5.69 Å². The topological polar surface area (TPSA) is 126 Å². The molecule has 2 aromatic rings. The molecule has 0 radical (unpaired) electrons. The summed E-state index contributed by atoms with van der Waals surface area (Å²) < 4.78 is 40.2. The van der Waals surface area contributed by atoms with Crippen LogP contribution in [0.3, 0.4) is 0 Å². The third-order valence-electron chi connectivity index (χ3n) is 3.95. The van der Waals surface area contributed by atoms with Crippen LogP contribution in [0.1, 0.15) is 12.5 Å². The molecule has 0 aliphatic heterocycles. The molecule has 0 saturated heterocycles. The van der Waals surface area contributed by atoms with Gasteiger partial charge in [-0.2, -0.15) is 0 Å². The number of non-ortho nitro benzene ring substituents is 1. The highest BCUT2D eigenvalue weighted by Crippen LogP contribution is 2.16. The van der Waals surface area contributed by atoms with E-state index in [1.807, 2.05) is 13.0 Å². The first-order chi connectivity index (χ1) is 14.3. The number of halogens is 2. The predicted octanol–water partition coefficient (Wildman–Crippen LogP) is 2.43. The lowest BCUT2D eigenvalue weighted by Gasteiger charge is -2.11. The molecule has 0 aliphatic rings. The molecule has 12 heteroatoms. The van der Waals surface area contributed by atoms with Crippen molar-refractivity contribution in [2.75, 3.05) is 26.2 Å². The van der Waals surface area contributed by atoms with E-state index in [0.717, 1.165) is 11.6 Å². The number of benzene rings is 2. The van der Waals surface area contributed by atoms with Gasteiger partial charge in [-0.15, -0.1) is 24.0 Å². The number of hydrogen-bond acceptors (Lipinski definition) is 5. The van der Waals surface area contributed by atoms with Crippen molar-refractivity contribution in [2.45, 2.75) is 18.2 Å². The number of aliphatic imine (C=N–C) groups is 1. The zero-order valence-electron chi connectivity index (χ0n) is 16.9. The maximum Gasteiger partial charge on any atom is 0.270 e. The van der Waals surface area contributed by atoms with Gasteiger partial charge >= 0.3 is 0 Å². The molecule has 9 nitrogen and oxygen atoms in total. The molecule has 0 heterocycles. The number of nitro groups is 1. The molecule has 0 aromatic heterocycles. The largest absolute Gasteiger partial charge is 0.357 e. The van der Waals surface area contributed by atoms with E-state index in [0.29, 0.717) is 25.5 Å². The van der Waals surface area contributed by atoms with Crippen molar-refractivity contribution in [3.05, 3.63) is 70.0 Å². The van der Waals surface area contributed by atoms with Crippen LogP contribution in [0.15, 0.2) is 58.4 Å². The zero-order chi connectivity index (χ0) is 22.0. The highest BCUT2D eigenvalue weighted by molar-refractivity contribution is 14.0. The van der Waals surface area contributed by atoms with Gasteiger partial charge in [-0.1, -0.05) is 18.2 Å². The normalized spacial score (nSPS) is 11.5. The molecule has 31 heavy (non-hydrogen) atoms. The Morgan fingerprint density at radius 2 is 1.87 bits per heavy atom. The van der Waals surface area contributed by atoms with Crippen LogP contribution in [0.2, 0.25) is 0 Å².